The van der Waals surface area contributed by atoms with Gasteiger partial charge in [0.1, 0.15) is 5.69 Å². The lowest BCUT2D eigenvalue weighted by Crippen LogP contribution is -2.04. The van der Waals surface area contributed by atoms with E-state index >= 15 is 0 Å². The van der Waals surface area contributed by atoms with Gasteiger partial charge in [-0.3, -0.25) is 4.98 Å². The Morgan fingerprint density at radius 3 is 2.93 bits per heavy atom. The molecule has 0 fully saturated rings. The van der Waals surface area contributed by atoms with Crippen LogP contribution in [0.3, 0.4) is 0 Å². The second-order valence-corrected chi connectivity index (χ2v) is 5.84. The minimum atomic E-state index is -0.365. The van der Waals surface area contributed by atoms with Crippen LogP contribution in [0.1, 0.15) is 17.4 Å². The van der Waals surface area contributed by atoms with Crippen molar-refractivity contribution in [1.82, 2.24) is 19.9 Å². The first-order valence-corrected chi connectivity index (χ1v) is 8.53. The van der Waals surface area contributed by atoms with Gasteiger partial charge in [0.2, 0.25) is 5.95 Å². The largest absolute Gasteiger partial charge is 0.461 e. The van der Waals surface area contributed by atoms with Crippen LogP contribution in [0.25, 0.3) is 22.2 Å². The Hall–Kier alpha value is -3.74. The number of ether oxygens (including phenoxy) is 1. The summed E-state index contributed by atoms with van der Waals surface area (Å²) in [5.41, 5.74) is 3.81. The second-order valence-electron chi connectivity index (χ2n) is 5.84. The highest BCUT2D eigenvalue weighted by Gasteiger charge is 2.11. The molecule has 4 rings (SSSR count). The molecule has 1 aromatic carbocycles. The number of hydrogen-bond acceptors (Lipinski definition) is 6. The normalized spacial score (nSPS) is 10.7. The SMILES string of the molecule is CCOC(=O)c1cc2cc(Nc3nccc(-c4cccnc4)n3)ccc2[nH]1. The zero-order valence-corrected chi connectivity index (χ0v) is 14.6. The summed E-state index contributed by atoms with van der Waals surface area (Å²) in [5.74, 6) is 0.118. The summed E-state index contributed by atoms with van der Waals surface area (Å²) in [6.45, 7) is 2.12. The molecule has 0 saturated carbocycles. The van der Waals surface area contributed by atoms with Gasteiger partial charge in [0.05, 0.1) is 12.3 Å². The minimum Gasteiger partial charge on any atom is -0.461 e. The number of aromatic amines is 1. The number of fused-ring (bicyclic) bond motifs is 1. The molecule has 134 valence electrons. The van der Waals surface area contributed by atoms with Crippen molar-refractivity contribution in [1.29, 1.82) is 0 Å². The van der Waals surface area contributed by atoms with Gasteiger partial charge in [-0.15, -0.1) is 0 Å². The maximum Gasteiger partial charge on any atom is 0.354 e. The molecular weight excluding hydrogens is 342 g/mol. The second kappa shape index (κ2) is 7.25. The Morgan fingerprint density at radius 2 is 2.11 bits per heavy atom. The van der Waals surface area contributed by atoms with Crippen molar-refractivity contribution >= 4 is 28.5 Å². The van der Waals surface area contributed by atoms with Gasteiger partial charge < -0.3 is 15.0 Å². The predicted octanol–water partition coefficient (Wildman–Crippen LogP) is 3.94. The number of H-pyrrole nitrogens is 1. The van der Waals surface area contributed by atoms with Crippen molar-refractivity contribution in [2.75, 3.05) is 11.9 Å². The number of benzene rings is 1. The highest BCUT2D eigenvalue weighted by atomic mass is 16.5. The standard InChI is InChI=1S/C20H17N5O2/c1-2-27-19(26)18-11-14-10-15(5-6-16(14)24-18)23-20-22-9-7-17(25-20)13-4-3-8-21-12-13/h3-12,24H,2H2,1H3,(H,22,23,25). The summed E-state index contributed by atoms with van der Waals surface area (Å²) >= 11 is 0. The number of aromatic nitrogens is 4. The molecule has 3 aromatic heterocycles. The molecule has 3 heterocycles. The molecule has 0 aliphatic heterocycles. The molecular formula is C20H17N5O2. The number of esters is 1. The molecule has 0 aliphatic carbocycles. The van der Waals surface area contributed by atoms with E-state index in [0.29, 0.717) is 18.2 Å². The van der Waals surface area contributed by atoms with Gasteiger partial charge in [0.15, 0.2) is 0 Å². The third-order valence-electron chi connectivity index (χ3n) is 3.99. The van der Waals surface area contributed by atoms with Gasteiger partial charge in [-0.25, -0.2) is 14.8 Å². The van der Waals surface area contributed by atoms with Crippen molar-refractivity contribution < 1.29 is 9.53 Å². The first kappa shape index (κ1) is 16.7. The number of anilines is 2. The minimum absolute atomic E-state index is 0.339. The molecule has 0 spiro atoms. The van der Waals surface area contributed by atoms with E-state index < -0.39 is 0 Å². The molecule has 0 unspecified atom stereocenters. The van der Waals surface area contributed by atoms with Crippen molar-refractivity contribution in [2.24, 2.45) is 0 Å². The monoisotopic (exact) mass is 359 g/mol. The smallest absolute Gasteiger partial charge is 0.354 e. The molecule has 0 aliphatic rings. The highest BCUT2D eigenvalue weighted by Crippen LogP contribution is 2.23. The van der Waals surface area contributed by atoms with Gasteiger partial charge in [0.25, 0.3) is 0 Å². The third-order valence-corrected chi connectivity index (χ3v) is 3.99. The maximum atomic E-state index is 11.9. The molecule has 7 nitrogen and oxygen atoms in total. The van der Waals surface area contributed by atoms with Crippen LogP contribution in [0.15, 0.2) is 61.1 Å². The van der Waals surface area contributed by atoms with E-state index in [-0.39, 0.29) is 5.97 Å². The number of carbonyl (C=O) groups excluding carboxylic acids is 1. The van der Waals surface area contributed by atoms with Crippen LogP contribution >= 0.6 is 0 Å². The van der Waals surface area contributed by atoms with Crippen LogP contribution in [0.4, 0.5) is 11.6 Å². The van der Waals surface area contributed by atoms with Crippen LogP contribution in [0.2, 0.25) is 0 Å². The van der Waals surface area contributed by atoms with E-state index in [9.17, 15) is 4.79 Å². The Bertz CT molecular complexity index is 1090. The number of nitrogens with zero attached hydrogens (tertiary/aromatic N) is 3. The number of hydrogen-bond donors (Lipinski definition) is 2. The summed E-state index contributed by atoms with van der Waals surface area (Å²) in [5, 5.41) is 4.09. The van der Waals surface area contributed by atoms with Crippen molar-refractivity contribution in [3.63, 3.8) is 0 Å². The zero-order chi connectivity index (χ0) is 18.6. The average molecular weight is 359 g/mol. The van der Waals surface area contributed by atoms with Gasteiger partial charge in [-0.05, 0) is 49.4 Å². The molecule has 7 heteroatoms. The molecule has 0 saturated heterocycles. The van der Waals surface area contributed by atoms with E-state index in [4.69, 9.17) is 4.74 Å². The first-order valence-electron chi connectivity index (χ1n) is 8.53. The fourth-order valence-electron chi connectivity index (χ4n) is 2.75. The lowest BCUT2D eigenvalue weighted by Gasteiger charge is -2.06. The maximum absolute atomic E-state index is 11.9. The van der Waals surface area contributed by atoms with Crippen LogP contribution in [-0.2, 0) is 4.74 Å². The Morgan fingerprint density at radius 1 is 1.19 bits per heavy atom. The molecule has 0 amide bonds. The number of rotatable bonds is 5. The zero-order valence-electron chi connectivity index (χ0n) is 14.6. The van der Waals surface area contributed by atoms with Gasteiger partial charge in [0, 0.05) is 40.7 Å². The Balaban J connectivity index is 1.59. The van der Waals surface area contributed by atoms with E-state index in [2.05, 4.69) is 25.3 Å². The summed E-state index contributed by atoms with van der Waals surface area (Å²) in [4.78, 5) is 27.9. The third kappa shape index (κ3) is 3.62. The van der Waals surface area contributed by atoms with Crippen LogP contribution in [0.5, 0.6) is 0 Å². The Labute approximate surface area is 155 Å². The van der Waals surface area contributed by atoms with Gasteiger partial charge in [-0.1, -0.05) is 0 Å². The van der Waals surface area contributed by atoms with E-state index in [1.165, 1.54) is 0 Å². The van der Waals surface area contributed by atoms with Gasteiger partial charge in [-0.2, -0.15) is 0 Å². The summed E-state index contributed by atoms with van der Waals surface area (Å²) in [7, 11) is 0. The van der Waals surface area contributed by atoms with E-state index in [0.717, 1.165) is 27.8 Å². The number of carbonyl (C=O) groups is 1. The van der Waals surface area contributed by atoms with Crippen LogP contribution in [0, 0.1) is 0 Å². The number of nitrogens with one attached hydrogen (secondary N) is 2. The molecule has 0 radical (unpaired) electrons. The van der Waals surface area contributed by atoms with E-state index in [1.807, 2.05) is 36.4 Å². The van der Waals surface area contributed by atoms with Gasteiger partial charge >= 0.3 is 5.97 Å². The fourth-order valence-corrected chi connectivity index (χ4v) is 2.75. The lowest BCUT2D eigenvalue weighted by atomic mass is 10.2. The quantitative estimate of drug-likeness (QED) is 0.524. The average Bonchev–Trinajstić information content (AvgIpc) is 3.13. The predicted molar refractivity (Wildman–Crippen MR) is 103 cm³/mol. The topological polar surface area (TPSA) is 92.8 Å². The first-order chi connectivity index (χ1) is 13.2. The molecule has 0 atom stereocenters. The van der Waals surface area contributed by atoms with Crippen LogP contribution in [-0.4, -0.2) is 32.5 Å². The molecule has 4 aromatic rings. The molecule has 27 heavy (non-hydrogen) atoms. The number of pyridine rings is 1. The lowest BCUT2D eigenvalue weighted by molar-refractivity contribution is 0.0520. The molecule has 2 N–H and O–H groups in total. The summed E-state index contributed by atoms with van der Waals surface area (Å²) in [6, 6.07) is 13.1. The van der Waals surface area contributed by atoms with Crippen molar-refractivity contribution in [3.05, 3.63) is 66.7 Å². The fraction of sp³-hybridized carbons (Fsp3) is 0.100. The summed E-state index contributed by atoms with van der Waals surface area (Å²) in [6.07, 6.45) is 5.18. The highest BCUT2D eigenvalue weighted by molar-refractivity contribution is 5.95. The van der Waals surface area contributed by atoms with Crippen LogP contribution < -0.4 is 5.32 Å². The summed E-state index contributed by atoms with van der Waals surface area (Å²) < 4.78 is 5.03. The molecule has 0 bridgehead atoms. The van der Waals surface area contributed by atoms with E-state index in [1.54, 1.807) is 31.6 Å². The Kier molecular flexibility index (Phi) is 4.49. The van der Waals surface area contributed by atoms with Crippen molar-refractivity contribution in [3.8, 4) is 11.3 Å². The van der Waals surface area contributed by atoms with Crippen molar-refractivity contribution in [2.45, 2.75) is 6.92 Å².